The molecule has 46 heavy (non-hydrogen) atoms. The van der Waals surface area contributed by atoms with Crippen molar-refractivity contribution in [3.05, 3.63) is 119 Å². The lowest BCUT2D eigenvalue weighted by Crippen LogP contribution is -2.47. The SMILES string of the molecule is O=C(N[C@@H]1CC=CC[C@H](CC(=O)N2Cc3ccccc3C[C@H]2CO)C(=O)NC[C@H](c2ccccc2)OC1=O)OCc1ccccc1. The second-order valence-electron chi connectivity index (χ2n) is 11.5. The molecule has 10 heteroatoms. The molecular weight excluding hydrogens is 586 g/mol. The van der Waals surface area contributed by atoms with Gasteiger partial charge in [0.1, 0.15) is 18.8 Å². The number of aliphatic hydroxyl groups excluding tert-OH is 1. The maximum atomic E-state index is 13.6. The molecule has 0 saturated heterocycles. The fourth-order valence-electron chi connectivity index (χ4n) is 5.72. The molecule has 0 fully saturated rings. The third kappa shape index (κ3) is 8.60. The number of carbonyl (C=O) groups excluding carboxylic acids is 4. The van der Waals surface area contributed by atoms with Crippen molar-refractivity contribution in [3.8, 4) is 0 Å². The van der Waals surface area contributed by atoms with Gasteiger partial charge < -0.3 is 30.1 Å². The van der Waals surface area contributed by atoms with E-state index in [1.54, 1.807) is 41.3 Å². The Kier molecular flexibility index (Phi) is 11.2. The molecule has 4 atom stereocenters. The number of ether oxygens (including phenoxy) is 2. The number of alkyl carbamates (subject to hydrolysis) is 1. The number of fused-ring (bicyclic) bond motifs is 1. The first kappa shape index (κ1) is 32.4. The molecule has 0 aliphatic carbocycles. The van der Waals surface area contributed by atoms with Crippen LogP contribution in [0.4, 0.5) is 4.79 Å². The van der Waals surface area contributed by atoms with Crippen LogP contribution in [-0.4, -0.2) is 59.1 Å². The van der Waals surface area contributed by atoms with E-state index >= 15 is 0 Å². The quantitative estimate of drug-likeness (QED) is 0.267. The van der Waals surface area contributed by atoms with Gasteiger partial charge in [0.05, 0.1) is 25.1 Å². The van der Waals surface area contributed by atoms with Crippen LogP contribution in [0, 0.1) is 5.92 Å². The minimum absolute atomic E-state index is 0.0233. The summed E-state index contributed by atoms with van der Waals surface area (Å²) in [4.78, 5) is 54.7. The number of nitrogens with zero attached hydrogens (tertiary/aromatic N) is 1. The Morgan fingerprint density at radius 2 is 1.59 bits per heavy atom. The molecular formula is C36H39N3O7. The first-order chi connectivity index (χ1) is 22.4. The number of esters is 1. The summed E-state index contributed by atoms with van der Waals surface area (Å²) < 4.78 is 11.2. The Bertz CT molecular complexity index is 1530. The van der Waals surface area contributed by atoms with E-state index in [4.69, 9.17) is 9.47 Å². The van der Waals surface area contributed by atoms with Gasteiger partial charge in [0.25, 0.3) is 0 Å². The van der Waals surface area contributed by atoms with Gasteiger partial charge in [-0.15, -0.1) is 0 Å². The van der Waals surface area contributed by atoms with Gasteiger partial charge in [0.15, 0.2) is 0 Å². The summed E-state index contributed by atoms with van der Waals surface area (Å²) in [6.07, 6.45) is 2.65. The van der Waals surface area contributed by atoms with E-state index in [-0.39, 0.29) is 56.9 Å². The monoisotopic (exact) mass is 625 g/mol. The van der Waals surface area contributed by atoms with Crippen molar-refractivity contribution in [2.24, 2.45) is 5.92 Å². The Morgan fingerprint density at radius 3 is 2.33 bits per heavy atom. The third-order valence-corrected chi connectivity index (χ3v) is 8.32. The number of allylic oxidation sites excluding steroid dienone is 1. The van der Waals surface area contributed by atoms with Gasteiger partial charge in [-0.05, 0) is 41.5 Å². The van der Waals surface area contributed by atoms with Gasteiger partial charge in [0.2, 0.25) is 11.8 Å². The van der Waals surface area contributed by atoms with Crippen molar-refractivity contribution in [1.29, 1.82) is 0 Å². The summed E-state index contributed by atoms with van der Waals surface area (Å²) >= 11 is 0. The second-order valence-corrected chi connectivity index (χ2v) is 11.5. The fraction of sp³-hybridized carbons (Fsp3) is 0.333. The van der Waals surface area contributed by atoms with Crippen molar-refractivity contribution in [2.45, 2.75) is 57.0 Å². The lowest BCUT2D eigenvalue weighted by Gasteiger charge is -2.36. The number of nitrogens with one attached hydrogen (secondary N) is 2. The van der Waals surface area contributed by atoms with Gasteiger partial charge in [-0.1, -0.05) is 97.1 Å². The molecule has 0 radical (unpaired) electrons. The Hall–Kier alpha value is -4.96. The predicted molar refractivity (Wildman–Crippen MR) is 170 cm³/mol. The molecule has 3 amide bonds. The highest BCUT2D eigenvalue weighted by atomic mass is 16.6. The molecule has 5 rings (SSSR count). The van der Waals surface area contributed by atoms with E-state index in [9.17, 15) is 24.3 Å². The summed E-state index contributed by atoms with van der Waals surface area (Å²) in [7, 11) is 0. The first-order valence-corrected chi connectivity index (χ1v) is 15.5. The largest absolute Gasteiger partial charge is 0.454 e. The number of hydrogen-bond donors (Lipinski definition) is 3. The van der Waals surface area contributed by atoms with Crippen molar-refractivity contribution in [2.75, 3.05) is 13.2 Å². The predicted octanol–water partition coefficient (Wildman–Crippen LogP) is 3.98. The number of aliphatic hydroxyl groups is 1. The van der Waals surface area contributed by atoms with Gasteiger partial charge in [-0.25, -0.2) is 9.59 Å². The number of benzene rings is 3. The smallest absolute Gasteiger partial charge is 0.408 e. The first-order valence-electron chi connectivity index (χ1n) is 15.5. The third-order valence-electron chi connectivity index (χ3n) is 8.32. The number of carbonyl (C=O) groups is 4. The van der Waals surface area contributed by atoms with Crippen LogP contribution in [-0.2, 0) is 43.4 Å². The van der Waals surface area contributed by atoms with E-state index in [1.807, 2.05) is 60.7 Å². The lowest BCUT2D eigenvalue weighted by molar-refractivity contribution is -0.152. The normalized spacial score (nSPS) is 21.9. The standard InChI is InChI=1S/C36H39N3O7/c40-23-30-19-27-15-7-8-17-29(27)22-39(30)33(41)20-28-16-9-10-18-31(38-36(44)45-24-25-11-3-1-4-12-25)35(43)46-32(21-37-34(28)42)26-13-5-2-6-14-26/h1-15,17,28,30-32,40H,16,18-24H2,(H,37,42)(H,38,44)/t28-,30+,31-,32-/m1/s1. The zero-order valence-electron chi connectivity index (χ0n) is 25.5. The summed E-state index contributed by atoms with van der Waals surface area (Å²) in [5.41, 5.74) is 3.60. The second kappa shape index (κ2) is 15.9. The molecule has 3 N–H and O–H groups in total. The maximum absolute atomic E-state index is 13.6. The van der Waals surface area contributed by atoms with E-state index in [1.165, 1.54) is 0 Å². The Morgan fingerprint density at radius 1 is 0.913 bits per heavy atom. The molecule has 3 aromatic rings. The molecule has 0 saturated carbocycles. The Balaban J connectivity index is 1.31. The molecule has 0 aromatic heterocycles. The van der Waals surface area contributed by atoms with Crippen LogP contribution in [0.15, 0.2) is 97.1 Å². The zero-order chi connectivity index (χ0) is 32.3. The van der Waals surface area contributed by atoms with Crippen molar-refractivity contribution >= 4 is 23.9 Å². The topological polar surface area (TPSA) is 134 Å². The zero-order valence-corrected chi connectivity index (χ0v) is 25.5. The van der Waals surface area contributed by atoms with Crippen LogP contribution in [0.3, 0.4) is 0 Å². The summed E-state index contributed by atoms with van der Waals surface area (Å²) in [5, 5.41) is 15.6. The highest BCUT2D eigenvalue weighted by Gasteiger charge is 2.33. The highest BCUT2D eigenvalue weighted by Crippen LogP contribution is 2.26. The van der Waals surface area contributed by atoms with Crippen LogP contribution >= 0.6 is 0 Å². The molecule has 0 unspecified atom stereocenters. The minimum atomic E-state index is -1.04. The molecule has 0 spiro atoms. The average Bonchev–Trinajstić information content (AvgIpc) is 3.09. The molecule has 240 valence electrons. The van der Waals surface area contributed by atoms with Crippen LogP contribution in [0.2, 0.25) is 0 Å². The Labute approximate surface area is 268 Å². The van der Waals surface area contributed by atoms with Crippen LogP contribution in [0.25, 0.3) is 0 Å². The maximum Gasteiger partial charge on any atom is 0.408 e. The van der Waals surface area contributed by atoms with Crippen LogP contribution in [0.1, 0.15) is 47.6 Å². The number of amides is 3. The lowest BCUT2D eigenvalue weighted by atomic mass is 9.92. The van der Waals surface area contributed by atoms with Crippen molar-refractivity contribution < 1.29 is 33.8 Å². The van der Waals surface area contributed by atoms with E-state index in [0.717, 1.165) is 16.7 Å². The molecule has 3 aromatic carbocycles. The summed E-state index contributed by atoms with van der Waals surface area (Å²) in [6.45, 7) is 0.205. The van der Waals surface area contributed by atoms with Gasteiger partial charge in [-0.2, -0.15) is 0 Å². The van der Waals surface area contributed by atoms with E-state index in [2.05, 4.69) is 10.6 Å². The van der Waals surface area contributed by atoms with Crippen LogP contribution < -0.4 is 10.6 Å². The van der Waals surface area contributed by atoms with Crippen LogP contribution in [0.5, 0.6) is 0 Å². The minimum Gasteiger partial charge on any atom is -0.454 e. The molecule has 2 aliphatic heterocycles. The summed E-state index contributed by atoms with van der Waals surface area (Å²) in [5.74, 6) is -1.93. The molecule has 2 aliphatic rings. The average molecular weight is 626 g/mol. The van der Waals surface area contributed by atoms with Gasteiger partial charge in [-0.3, -0.25) is 9.59 Å². The highest BCUT2D eigenvalue weighted by molar-refractivity contribution is 5.86. The molecule has 0 bridgehead atoms. The number of cyclic esters (lactones) is 1. The van der Waals surface area contributed by atoms with Gasteiger partial charge in [0, 0.05) is 13.0 Å². The fourth-order valence-corrected chi connectivity index (χ4v) is 5.72. The number of hydrogen-bond acceptors (Lipinski definition) is 7. The van der Waals surface area contributed by atoms with Crippen molar-refractivity contribution in [1.82, 2.24) is 15.5 Å². The molecule has 2 heterocycles. The summed E-state index contributed by atoms with van der Waals surface area (Å²) in [6, 6.07) is 24.6. The van der Waals surface area contributed by atoms with Crippen molar-refractivity contribution in [3.63, 3.8) is 0 Å². The molecule has 10 nitrogen and oxygen atoms in total. The number of rotatable bonds is 7. The van der Waals surface area contributed by atoms with E-state index in [0.29, 0.717) is 18.5 Å². The van der Waals surface area contributed by atoms with Gasteiger partial charge >= 0.3 is 12.1 Å². The van der Waals surface area contributed by atoms with E-state index < -0.39 is 30.1 Å².